The van der Waals surface area contributed by atoms with E-state index in [1.165, 1.54) is 13.0 Å². The van der Waals surface area contributed by atoms with E-state index in [4.69, 9.17) is 0 Å². The minimum Gasteiger partial charge on any atom is -0.393 e. The van der Waals surface area contributed by atoms with Crippen molar-refractivity contribution in [2.24, 2.45) is 11.8 Å². The van der Waals surface area contributed by atoms with Crippen LogP contribution in [0.2, 0.25) is 0 Å². The summed E-state index contributed by atoms with van der Waals surface area (Å²) in [6.45, 7) is 2.33. The van der Waals surface area contributed by atoms with Crippen LogP contribution in [0.1, 0.15) is 19.3 Å². The molecule has 2 N–H and O–H groups in total. The second-order valence-electron chi connectivity index (χ2n) is 3.65. The van der Waals surface area contributed by atoms with Crippen molar-refractivity contribution in [1.29, 1.82) is 0 Å². The van der Waals surface area contributed by atoms with E-state index in [9.17, 15) is 5.11 Å². The van der Waals surface area contributed by atoms with Gasteiger partial charge in [0.1, 0.15) is 0 Å². The average Bonchev–Trinajstić information content (AvgIpc) is 2.33. The Balaban J connectivity index is 1.96. The summed E-state index contributed by atoms with van der Waals surface area (Å²) in [7, 11) is 0. The fourth-order valence-electron chi connectivity index (χ4n) is 2.27. The molecule has 0 aromatic carbocycles. The maximum atomic E-state index is 9.33. The van der Waals surface area contributed by atoms with Crippen LogP contribution in [0.4, 0.5) is 0 Å². The molecule has 1 saturated carbocycles. The van der Waals surface area contributed by atoms with Crippen molar-refractivity contribution in [3.63, 3.8) is 0 Å². The van der Waals surface area contributed by atoms with Crippen LogP contribution >= 0.6 is 0 Å². The highest BCUT2D eigenvalue weighted by Gasteiger charge is 2.32. The average molecular weight is 141 g/mol. The molecule has 0 bridgehead atoms. The van der Waals surface area contributed by atoms with Crippen molar-refractivity contribution >= 4 is 0 Å². The first-order chi connectivity index (χ1) is 4.86. The molecule has 0 spiro atoms. The minimum absolute atomic E-state index is 0.00106. The third kappa shape index (κ3) is 1.06. The normalized spacial score (nSPS) is 47.1. The highest BCUT2D eigenvalue weighted by molar-refractivity contribution is 4.87. The SMILES string of the molecule is O[C@@H]1CC[C@H]2CNC[C@H]2C1. The quantitative estimate of drug-likeness (QED) is 0.510. The zero-order chi connectivity index (χ0) is 6.97. The summed E-state index contributed by atoms with van der Waals surface area (Å²) >= 11 is 0. The summed E-state index contributed by atoms with van der Waals surface area (Å²) in [4.78, 5) is 0. The van der Waals surface area contributed by atoms with Crippen LogP contribution in [0.5, 0.6) is 0 Å². The van der Waals surface area contributed by atoms with Gasteiger partial charge in [-0.05, 0) is 44.2 Å². The van der Waals surface area contributed by atoms with Gasteiger partial charge in [0, 0.05) is 0 Å². The molecule has 1 aliphatic heterocycles. The molecule has 0 aromatic heterocycles. The topological polar surface area (TPSA) is 32.3 Å². The van der Waals surface area contributed by atoms with Gasteiger partial charge in [-0.1, -0.05) is 0 Å². The lowest BCUT2D eigenvalue weighted by Crippen LogP contribution is -2.26. The Bertz CT molecular complexity index is 126. The zero-order valence-corrected chi connectivity index (χ0v) is 6.21. The molecule has 3 atom stereocenters. The van der Waals surface area contributed by atoms with Gasteiger partial charge in [-0.2, -0.15) is 0 Å². The fraction of sp³-hybridized carbons (Fsp3) is 1.00. The summed E-state index contributed by atoms with van der Waals surface area (Å²) in [6.07, 6.45) is 3.31. The number of aliphatic hydroxyl groups is 1. The van der Waals surface area contributed by atoms with Crippen molar-refractivity contribution < 1.29 is 5.11 Å². The van der Waals surface area contributed by atoms with Gasteiger partial charge in [-0.3, -0.25) is 0 Å². The summed E-state index contributed by atoms with van der Waals surface area (Å²) in [5.41, 5.74) is 0. The molecule has 2 heteroatoms. The number of fused-ring (bicyclic) bond motifs is 1. The Labute approximate surface area is 61.6 Å². The van der Waals surface area contributed by atoms with Gasteiger partial charge in [0.25, 0.3) is 0 Å². The van der Waals surface area contributed by atoms with Gasteiger partial charge >= 0.3 is 0 Å². The third-order valence-corrected chi connectivity index (χ3v) is 2.93. The van der Waals surface area contributed by atoms with Crippen molar-refractivity contribution in [1.82, 2.24) is 5.32 Å². The predicted molar refractivity (Wildman–Crippen MR) is 39.7 cm³/mol. The summed E-state index contributed by atoms with van der Waals surface area (Å²) < 4.78 is 0. The first-order valence-electron chi connectivity index (χ1n) is 4.25. The van der Waals surface area contributed by atoms with Gasteiger partial charge in [0.05, 0.1) is 6.10 Å². The molecule has 0 aromatic rings. The van der Waals surface area contributed by atoms with E-state index in [0.717, 1.165) is 31.2 Å². The maximum Gasteiger partial charge on any atom is 0.0543 e. The Morgan fingerprint density at radius 3 is 2.80 bits per heavy atom. The number of hydrogen-bond acceptors (Lipinski definition) is 2. The maximum absolute atomic E-state index is 9.33. The standard InChI is InChI=1S/C8H15NO/c10-8-2-1-6-4-9-5-7(6)3-8/h6-10H,1-5H2/t6-,7+,8+/m0/s1. The Kier molecular flexibility index (Phi) is 1.66. The first-order valence-corrected chi connectivity index (χ1v) is 4.25. The van der Waals surface area contributed by atoms with Crippen molar-refractivity contribution in [3.05, 3.63) is 0 Å². The second kappa shape index (κ2) is 2.51. The van der Waals surface area contributed by atoms with E-state index in [-0.39, 0.29) is 6.10 Å². The van der Waals surface area contributed by atoms with Crippen LogP contribution in [0.15, 0.2) is 0 Å². The fourth-order valence-corrected chi connectivity index (χ4v) is 2.27. The Hall–Kier alpha value is -0.0800. The van der Waals surface area contributed by atoms with Gasteiger partial charge in [0.15, 0.2) is 0 Å². The van der Waals surface area contributed by atoms with E-state index >= 15 is 0 Å². The molecular weight excluding hydrogens is 126 g/mol. The van der Waals surface area contributed by atoms with Crippen LogP contribution in [-0.2, 0) is 0 Å². The lowest BCUT2D eigenvalue weighted by atomic mass is 9.80. The van der Waals surface area contributed by atoms with Crippen LogP contribution in [0.25, 0.3) is 0 Å². The van der Waals surface area contributed by atoms with Crippen molar-refractivity contribution in [3.8, 4) is 0 Å². The Morgan fingerprint density at radius 1 is 1.10 bits per heavy atom. The largest absolute Gasteiger partial charge is 0.393 e. The number of hydrogen-bond donors (Lipinski definition) is 2. The number of aliphatic hydroxyl groups excluding tert-OH is 1. The van der Waals surface area contributed by atoms with Gasteiger partial charge in [0.2, 0.25) is 0 Å². The van der Waals surface area contributed by atoms with Gasteiger partial charge in [-0.15, -0.1) is 0 Å². The predicted octanol–water partition coefficient (Wildman–Crippen LogP) is 0.367. The summed E-state index contributed by atoms with van der Waals surface area (Å²) in [5.74, 6) is 1.66. The molecule has 2 fully saturated rings. The summed E-state index contributed by atoms with van der Waals surface area (Å²) in [6, 6.07) is 0. The highest BCUT2D eigenvalue weighted by Crippen LogP contribution is 2.32. The molecule has 1 heterocycles. The first kappa shape index (κ1) is 6.62. The van der Waals surface area contributed by atoms with Gasteiger partial charge < -0.3 is 10.4 Å². The molecule has 2 nitrogen and oxygen atoms in total. The second-order valence-corrected chi connectivity index (χ2v) is 3.65. The van der Waals surface area contributed by atoms with Crippen LogP contribution in [0.3, 0.4) is 0 Å². The third-order valence-electron chi connectivity index (χ3n) is 2.93. The van der Waals surface area contributed by atoms with Crippen LogP contribution in [0, 0.1) is 11.8 Å². The van der Waals surface area contributed by atoms with Crippen molar-refractivity contribution in [2.75, 3.05) is 13.1 Å². The van der Waals surface area contributed by atoms with Gasteiger partial charge in [-0.25, -0.2) is 0 Å². The summed E-state index contributed by atoms with van der Waals surface area (Å²) in [5, 5.41) is 12.7. The van der Waals surface area contributed by atoms with Crippen molar-refractivity contribution in [2.45, 2.75) is 25.4 Å². The molecule has 0 unspecified atom stereocenters. The van der Waals surface area contributed by atoms with Crippen LogP contribution in [-0.4, -0.2) is 24.3 Å². The lowest BCUT2D eigenvalue weighted by Gasteiger charge is -2.27. The highest BCUT2D eigenvalue weighted by atomic mass is 16.3. The van der Waals surface area contributed by atoms with E-state index < -0.39 is 0 Å². The number of rotatable bonds is 0. The lowest BCUT2D eigenvalue weighted by molar-refractivity contribution is 0.0867. The zero-order valence-electron chi connectivity index (χ0n) is 6.21. The van der Waals surface area contributed by atoms with Crippen LogP contribution < -0.4 is 5.32 Å². The molecule has 0 radical (unpaired) electrons. The molecule has 0 amide bonds. The molecule has 2 rings (SSSR count). The van der Waals surface area contributed by atoms with E-state index in [2.05, 4.69) is 5.32 Å². The van der Waals surface area contributed by atoms with E-state index in [1.807, 2.05) is 0 Å². The van der Waals surface area contributed by atoms with E-state index in [1.54, 1.807) is 0 Å². The molecule has 58 valence electrons. The molecule has 1 aliphatic carbocycles. The Morgan fingerprint density at radius 2 is 1.90 bits per heavy atom. The number of nitrogens with one attached hydrogen (secondary N) is 1. The molecular formula is C8H15NO. The smallest absolute Gasteiger partial charge is 0.0543 e. The van der Waals surface area contributed by atoms with E-state index in [0.29, 0.717) is 0 Å². The molecule has 10 heavy (non-hydrogen) atoms. The monoisotopic (exact) mass is 141 g/mol. The molecule has 2 aliphatic rings. The molecule has 1 saturated heterocycles. The minimum atomic E-state index is 0.00106.